The van der Waals surface area contributed by atoms with Crippen molar-refractivity contribution in [1.82, 2.24) is 5.32 Å². The number of nitrogens with one attached hydrogen (secondary N) is 1. The molecule has 0 unspecified atom stereocenters. The molecular formula is C15H11BrFNO3. The van der Waals surface area contributed by atoms with Crippen molar-refractivity contribution in [3.8, 4) is 0 Å². The molecule has 6 heteroatoms. The van der Waals surface area contributed by atoms with Crippen molar-refractivity contribution in [3.63, 3.8) is 0 Å². The summed E-state index contributed by atoms with van der Waals surface area (Å²) in [6.45, 7) is 0. The molecule has 1 amide bonds. The Morgan fingerprint density at radius 3 is 2.33 bits per heavy atom. The van der Waals surface area contributed by atoms with Crippen molar-refractivity contribution in [2.24, 2.45) is 0 Å². The van der Waals surface area contributed by atoms with Crippen LogP contribution in [0, 0.1) is 5.82 Å². The standard InChI is InChI=1S/C15H11BrFNO3/c16-10-7-4-8-11(17)12(10)14(19)18-13(15(20)21)9-5-2-1-3-6-9/h1-8,13H,(H,18,19)(H,20,21)/t13-/m0/s1. The molecule has 2 aromatic rings. The number of amides is 1. The monoisotopic (exact) mass is 351 g/mol. The van der Waals surface area contributed by atoms with Gasteiger partial charge in [-0.15, -0.1) is 0 Å². The van der Waals surface area contributed by atoms with Crippen molar-refractivity contribution in [3.05, 3.63) is 69.9 Å². The topological polar surface area (TPSA) is 66.4 Å². The fourth-order valence-corrected chi connectivity index (χ4v) is 2.37. The number of aliphatic carboxylic acids is 1. The van der Waals surface area contributed by atoms with Gasteiger partial charge in [0.1, 0.15) is 5.82 Å². The van der Waals surface area contributed by atoms with Gasteiger partial charge in [0.25, 0.3) is 5.91 Å². The molecule has 0 fully saturated rings. The third-order valence-corrected chi connectivity index (χ3v) is 3.51. The lowest BCUT2D eigenvalue weighted by Gasteiger charge is -2.15. The van der Waals surface area contributed by atoms with Gasteiger partial charge in [0.15, 0.2) is 6.04 Å². The van der Waals surface area contributed by atoms with Gasteiger partial charge in [-0.2, -0.15) is 0 Å². The Morgan fingerprint density at radius 1 is 1.10 bits per heavy atom. The van der Waals surface area contributed by atoms with E-state index in [1.165, 1.54) is 12.1 Å². The zero-order chi connectivity index (χ0) is 15.4. The van der Waals surface area contributed by atoms with Crippen molar-refractivity contribution < 1.29 is 19.1 Å². The van der Waals surface area contributed by atoms with Crippen LogP contribution in [0.3, 0.4) is 0 Å². The molecule has 0 aliphatic carbocycles. The summed E-state index contributed by atoms with van der Waals surface area (Å²) >= 11 is 3.08. The molecule has 4 nitrogen and oxygen atoms in total. The average molecular weight is 352 g/mol. The maximum Gasteiger partial charge on any atom is 0.330 e. The lowest BCUT2D eigenvalue weighted by molar-refractivity contribution is -0.139. The minimum atomic E-state index is -1.25. The van der Waals surface area contributed by atoms with Crippen LogP contribution < -0.4 is 5.32 Å². The maximum absolute atomic E-state index is 13.7. The zero-order valence-electron chi connectivity index (χ0n) is 10.7. The van der Waals surface area contributed by atoms with E-state index in [4.69, 9.17) is 0 Å². The van der Waals surface area contributed by atoms with Crippen LogP contribution in [-0.2, 0) is 4.79 Å². The van der Waals surface area contributed by atoms with Gasteiger partial charge in [-0.3, -0.25) is 4.79 Å². The molecule has 0 heterocycles. The van der Waals surface area contributed by atoms with Crippen LogP contribution >= 0.6 is 15.9 Å². The summed E-state index contributed by atoms with van der Waals surface area (Å²) in [5.41, 5.74) is 0.186. The average Bonchev–Trinajstić information content (AvgIpc) is 2.45. The van der Waals surface area contributed by atoms with E-state index in [0.29, 0.717) is 5.56 Å². The van der Waals surface area contributed by atoms with Crippen LogP contribution in [0.5, 0.6) is 0 Å². The predicted octanol–water partition coefficient (Wildman–Crippen LogP) is 3.14. The highest BCUT2D eigenvalue weighted by Gasteiger charge is 2.24. The van der Waals surface area contributed by atoms with Crippen LogP contribution in [0.2, 0.25) is 0 Å². The molecule has 2 rings (SSSR count). The number of carboxylic acid groups (broad SMARTS) is 1. The van der Waals surface area contributed by atoms with Gasteiger partial charge in [0.05, 0.1) is 5.56 Å². The third-order valence-electron chi connectivity index (χ3n) is 2.85. The number of hydrogen-bond donors (Lipinski definition) is 2. The Kier molecular flexibility index (Phi) is 4.70. The number of carboxylic acids is 1. The summed E-state index contributed by atoms with van der Waals surface area (Å²) in [6.07, 6.45) is 0. The molecule has 0 aromatic heterocycles. The molecule has 0 saturated carbocycles. The number of carbonyl (C=O) groups excluding carboxylic acids is 1. The summed E-state index contributed by atoms with van der Waals surface area (Å²) < 4.78 is 14.0. The lowest BCUT2D eigenvalue weighted by atomic mass is 10.1. The van der Waals surface area contributed by atoms with E-state index < -0.39 is 23.7 Å². The quantitative estimate of drug-likeness (QED) is 0.889. The molecule has 0 aliphatic heterocycles. The number of rotatable bonds is 4. The molecular weight excluding hydrogens is 341 g/mol. The van der Waals surface area contributed by atoms with Crippen LogP contribution in [-0.4, -0.2) is 17.0 Å². The summed E-state index contributed by atoms with van der Waals surface area (Å²) in [4.78, 5) is 23.4. The number of hydrogen-bond acceptors (Lipinski definition) is 2. The first-order valence-corrected chi connectivity index (χ1v) is 6.82. The molecule has 0 radical (unpaired) electrons. The van der Waals surface area contributed by atoms with E-state index in [1.807, 2.05) is 0 Å². The predicted molar refractivity (Wildman–Crippen MR) is 78.4 cm³/mol. The van der Waals surface area contributed by atoms with Crippen LogP contribution in [0.25, 0.3) is 0 Å². The second kappa shape index (κ2) is 6.49. The molecule has 0 bridgehead atoms. The van der Waals surface area contributed by atoms with Gasteiger partial charge < -0.3 is 10.4 Å². The Hall–Kier alpha value is -2.21. The van der Waals surface area contributed by atoms with Gasteiger partial charge in [-0.1, -0.05) is 36.4 Å². The normalized spacial score (nSPS) is 11.7. The molecule has 2 N–H and O–H groups in total. The molecule has 1 atom stereocenters. The Bertz CT molecular complexity index is 656. The minimum Gasteiger partial charge on any atom is -0.479 e. The van der Waals surface area contributed by atoms with Gasteiger partial charge in [0.2, 0.25) is 0 Å². The summed E-state index contributed by atoms with van der Waals surface area (Å²) in [7, 11) is 0. The van der Waals surface area contributed by atoms with E-state index in [9.17, 15) is 19.1 Å². The molecule has 0 aliphatic rings. The second-order valence-corrected chi connectivity index (χ2v) is 5.11. The molecule has 21 heavy (non-hydrogen) atoms. The van der Waals surface area contributed by atoms with Gasteiger partial charge in [0, 0.05) is 4.47 Å². The van der Waals surface area contributed by atoms with Gasteiger partial charge in [-0.05, 0) is 33.6 Å². The van der Waals surface area contributed by atoms with Crippen LogP contribution in [0.15, 0.2) is 53.0 Å². The number of halogens is 2. The highest BCUT2D eigenvalue weighted by atomic mass is 79.9. The zero-order valence-corrected chi connectivity index (χ0v) is 12.3. The molecule has 0 spiro atoms. The Morgan fingerprint density at radius 2 is 1.76 bits per heavy atom. The molecule has 108 valence electrons. The highest BCUT2D eigenvalue weighted by molar-refractivity contribution is 9.10. The van der Waals surface area contributed by atoms with Gasteiger partial charge >= 0.3 is 5.97 Å². The van der Waals surface area contributed by atoms with E-state index in [-0.39, 0.29) is 10.0 Å². The van der Waals surface area contributed by atoms with Crippen molar-refractivity contribution in [2.45, 2.75) is 6.04 Å². The van der Waals surface area contributed by atoms with E-state index in [1.54, 1.807) is 30.3 Å². The third kappa shape index (κ3) is 3.46. The smallest absolute Gasteiger partial charge is 0.330 e. The highest BCUT2D eigenvalue weighted by Crippen LogP contribution is 2.21. The largest absolute Gasteiger partial charge is 0.479 e. The van der Waals surface area contributed by atoms with Crippen LogP contribution in [0.1, 0.15) is 22.0 Å². The van der Waals surface area contributed by atoms with Crippen molar-refractivity contribution in [1.29, 1.82) is 0 Å². The second-order valence-electron chi connectivity index (χ2n) is 4.25. The summed E-state index contributed by atoms with van der Waals surface area (Å²) in [5, 5.41) is 11.6. The Labute approximate surface area is 128 Å². The first-order valence-electron chi connectivity index (χ1n) is 6.03. The lowest BCUT2D eigenvalue weighted by Crippen LogP contribution is -2.34. The summed E-state index contributed by atoms with van der Waals surface area (Å²) in [5.74, 6) is -2.74. The Balaban J connectivity index is 2.30. The van der Waals surface area contributed by atoms with Gasteiger partial charge in [-0.25, -0.2) is 9.18 Å². The van der Waals surface area contributed by atoms with Crippen LogP contribution in [0.4, 0.5) is 4.39 Å². The molecule has 2 aromatic carbocycles. The van der Waals surface area contributed by atoms with E-state index in [2.05, 4.69) is 21.2 Å². The number of benzene rings is 2. The first-order chi connectivity index (χ1) is 10.0. The van der Waals surface area contributed by atoms with Crippen molar-refractivity contribution >= 4 is 27.8 Å². The summed E-state index contributed by atoms with van der Waals surface area (Å²) in [6, 6.07) is 11.1. The van der Waals surface area contributed by atoms with E-state index >= 15 is 0 Å². The maximum atomic E-state index is 13.7. The first kappa shape index (κ1) is 15.2. The SMILES string of the molecule is O=C(N[C@H](C(=O)O)c1ccccc1)c1c(F)cccc1Br. The molecule has 0 saturated heterocycles. The van der Waals surface area contributed by atoms with E-state index in [0.717, 1.165) is 6.07 Å². The van der Waals surface area contributed by atoms with Crippen molar-refractivity contribution in [2.75, 3.05) is 0 Å². The minimum absolute atomic E-state index is 0.223. The fourth-order valence-electron chi connectivity index (χ4n) is 1.85. The fraction of sp³-hybridized carbons (Fsp3) is 0.0667. The number of carbonyl (C=O) groups is 2.